The quantitative estimate of drug-likeness (QED) is 0.648. The minimum atomic E-state index is -0.403. The van der Waals surface area contributed by atoms with E-state index in [4.69, 9.17) is 0 Å². The highest BCUT2D eigenvalue weighted by molar-refractivity contribution is 5.79. The van der Waals surface area contributed by atoms with Crippen LogP contribution in [0.5, 0.6) is 0 Å². The number of nitrogens with zero attached hydrogens (tertiary/aromatic N) is 2. The van der Waals surface area contributed by atoms with Crippen LogP contribution in [0.2, 0.25) is 0 Å². The SMILES string of the molecule is O=C(Cn1cn[nH]c1=O)NCC1CC(NC(=O)Cc2ccccc2)C1. The standard InChI is InChI=1S/C17H21N5O3/c23-15(8-12-4-2-1-3-5-12)20-14-6-13(7-14)9-18-16(24)10-22-11-19-21-17(22)25/h1-5,11,13-14H,6-10H2,(H,18,24)(H,20,23)(H,21,25). The maximum absolute atomic E-state index is 12.0. The molecule has 2 aromatic rings. The highest BCUT2D eigenvalue weighted by Gasteiger charge is 2.30. The summed E-state index contributed by atoms with van der Waals surface area (Å²) in [6.07, 6.45) is 3.39. The minimum Gasteiger partial charge on any atom is -0.354 e. The summed E-state index contributed by atoms with van der Waals surface area (Å²) < 4.78 is 1.21. The second-order valence-corrected chi connectivity index (χ2v) is 6.36. The zero-order chi connectivity index (χ0) is 17.6. The summed E-state index contributed by atoms with van der Waals surface area (Å²) in [6.45, 7) is 0.510. The van der Waals surface area contributed by atoms with Gasteiger partial charge in [0.05, 0.1) is 6.42 Å². The van der Waals surface area contributed by atoms with Crippen LogP contribution in [0.15, 0.2) is 41.5 Å². The Kier molecular flexibility index (Phi) is 5.27. The molecule has 1 fully saturated rings. The lowest BCUT2D eigenvalue weighted by Crippen LogP contribution is -2.48. The van der Waals surface area contributed by atoms with Crippen molar-refractivity contribution >= 4 is 11.8 Å². The number of benzene rings is 1. The van der Waals surface area contributed by atoms with Gasteiger partial charge in [0, 0.05) is 12.6 Å². The fourth-order valence-corrected chi connectivity index (χ4v) is 2.93. The molecule has 8 heteroatoms. The number of nitrogens with one attached hydrogen (secondary N) is 3. The Hall–Kier alpha value is -2.90. The molecule has 1 aliphatic carbocycles. The maximum Gasteiger partial charge on any atom is 0.343 e. The summed E-state index contributed by atoms with van der Waals surface area (Å²) in [5.41, 5.74) is 0.595. The summed E-state index contributed by atoms with van der Waals surface area (Å²) in [6, 6.07) is 9.81. The van der Waals surface area contributed by atoms with Gasteiger partial charge in [0.1, 0.15) is 12.9 Å². The van der Waals surface area contributed by atoms with Crippen molar-refractivity contribution in [3.63, 3.8) is 0 Å². The van der Waals surface area contributed by atoms with E-state index in [0.29, 0.717) is 18.9 Å². The van der Waals surface area contributed by atoms with Crippen LogP contribution < -0.4 is 16.3 Å². The Labute approximate surface area is 144 Å². The van der Waals surface area contributed by atoms with Gasteiger partial charge in [-0.3, -0.25) is 14.2 Å². The van der Waals surface area contributed by atoms with Crippen LogP contribution in [-0.4, -0.2) is 39.2 Å². The van der Waals surface area contributed by atoms with E-state index in [0.717, 1.165) is 18.4 Å². The number of H-pyrrole nitrogens is 1. The highest BCUT2D eigenvalue weighted by Crippen LogP contribution is 2.26. The largest absolute Gasteiger partial charge is 0.354 e. The highest BCUT2D eigenvalue weighted by atomic mass is 16.2. The van der Waals surface area contributed by atoms with Crippen molar-refractivity contribution in [3.05, 3.63) is 52.7 Å². The molecule has 1 heterocycles. The second-order valence-electron chi connectivity index (χ2n) is 6.36. The minimum absolute atomic E-state index is 0.0259. The molecular formula is C17H21N5O3. The van der Waals surface area contributed by atoms with Gasteiger partial charge in [-0.25, -0.2) is 9.89 Å². The molecule has 0 atom stereocenters. The van der Waals surface area contributed by atoms with Crippen molar-refractivity contribution in [3.8, 4) is 0 Å². The number of carbonyl (C=O) groups excluding carboxylic acids is 2. The molecule has 1 aliphatic rings. The number of aromatic nitrogens is 3. The van der Waals surface area contributed by atoms with Gasteiger partial charge in [-0.15, -0.1) is 0 Å². The lowest BCUT2D eigenvalue weighted by molar-refractivity contribution is -0.123. The fraction of sp³-hybridized carbons (Fsp3) is 0.412. The van der Waals surface area contributed by atoms with Crippen LogP contribution in [0.1, 0.15) is 18.4 Å². The van der Waals surface area contributed by atoms with Crippen LogP contribution in [0.3, 0.4) is 0 Å². The fourth-order valence-electron chi connectivity index (χ4n) is 2.93. The summed E-state index contributed by atoms with van der Waals surface area (Å²) in [5, 5.41) is 11.6. The summed E-state index contributed by atoms with van der Waals surface area (Å²) in [5.74, 6) is 0.158. The second kappa shape index (κ2) is 7.78. The molecule has 0 radical (unpaired) electrons. The van der Waals surface area contributed by atoms with Crippen LogP contribution in [0.4, 0.5) is 0 Å². The van der Waals surface area contributed by atoms with Gasteiger partial charge in [-0.1, -0.05) is 30.3 Å². The number of hydrogen-bond donors (Lipinski definition) is 3. The molecule has 1 aromatic heterocycles. The predicted octanol–water partition coefficient (Wildman–Crippen LogP) is -0.175. The Balaban J connectivity index is 1.31. The van der Waals surface area contributed by atoms with E-state index in [1.807, 2.05) is 30.3 Å². The number of amides is 2. The first-order valence-corrected chi connectivity index (χ1v) is 8.30. The molecule has 132 valence electrons. The molecule has 25 heavy (non-hydrogen) atoms. The van der Waals surface area contributed by atoms with Crippen molar-refractivity contribution in [1.29, 1.82) is 0 Å². The van der Waals surface area contributed by atoms with Crippen LogP contribution in [0.25, 0.3) is 0 Å². The Morgan fingerprint density at radius 2 is 1.96 bits per heavy atom. The van der Waals surface area contributed by atoms with Gasteiger partial charge >= 0.3 is 5.69 Å². The molecule has 0 saturated heterocycles. The van der Waals surface area contributed by atoms with Gasteiger partial charge in [0.2, 0.25) is 11.8 Å². The number of carbonyl (C=O) groups is 2. The molecule has 0 aliphatic heterocycles. The topological polar surface area (TPSA) is 109 Å². The monoisotopic (exact) mass is 343 g/mol. The lowest BCUT2D eigenvalue weighted by Gasteiger charge is -2.36. The molecule has 0 bridgehead atoms. The van der Waals surface area contributed by atoms with Crippen molar-refractivity contribution < 1.29 is 9.59 Å². The number of aromatic amines is 1. The summed E-state index contributed by atoms with van der Waals surface area (Å²) in [4.78, 5) is 35.0. The first-order chi connectivity index (χ1) is 12.1. The van der Waals surface area contributed by atoms with Gasteiger partial charge in [-0.05, 0) is 24.3 Å². The van der Waals surface area contributed by atoms with E-state index >= 15 is 0 Å². The third-order valence-corrected chi connectivity index (χ3v) is 4.33. The Morgan fingerprint density at radius 1 is 1.20 bits per heavy atom. The van der Waals surface area contributed by atoms with Crippen molar-refractivity contribution in [1.82, 2.24) is 25.4 Å². The van der Waals surface area contributed by atoms with Crippen molar-refractivity contribution in [2.45, 2.75) is 31.8 Å². The van der Waals surface area contributed by atoms with Crippen molar-refractivity contribution in [2.24, 2.45) is 5.92 Å². The first kappa shape index (κ1) is 16.9. The maximum atomic E-state index is 12.0. The van der Waals surface area contributed by atoms with Gasteiger partial charge < -0.3 is 10.6 Å². The number of hydrogen-bond acceptors (Lipinski definition) is 4. The average molecular weight is 343 g/mol. The summed E-state index contributed by atoms with van der Waals surface area (Å²) >= 11 is 0. The van der Waals surface area contributed by atoms with E-state index < -0.39 is 5.69 Å². The van der Waals surface area contributed by atoms with E-state index in [9.17, 15) is 14.4 Å². The third kappa shape index (κ3) is 4.79. The van der Waals surface area contributed by atoms with E-state index in [1.54, 1.807) is 0 Å². The lowest BCUT2D eigenvalue weighted by atomic mass is 9.80. The molecule has 0 unspecified atom stereocenters. The van der Waals surface area contributed by atoms with Crippen LogP contribution in [0, 0.1) is 5.92 Å². The van der Waals surface area contributed by atoms with Crippen LogP contribution in [-0.2, 0) is 22.6 Å². The molecular weight excluding hydrogens is 322 g/mol. The molecule has 8 nitrogen and oxygen atoms in total. The van der Waals surface area contributed by atoms with Gasteiger partial charge in [0.15, 0.2) is 0 Å². The molecule has 1 saturated carbocycles. The smallest absolute Gasteiger partial charge is 0.343 e. The van der Waals surface area contributed by atoms with Gasteiger partial charge in [-0.2, -0.15) is 5.10 Å². The van der Waals surface area contributed by atoms with Crippen LogP contribution >= 0.6 is 0 Å². The Bertz CT molecular complexity index is 777. The zero-order valence-electron chi connectivity index (χ0n) is 13.8. The van der Waals surface area contributed by atoms with E-state index in [-0.39, 0.29) is 24.4 Å². The Morgan fingerprint density at radius 3 is 2.64 bits per heavy atom. The normalized spacial score (nSPS) is 19.0. The molecule has 1 aromatic carbocycles. The van der Waals surface area contributed by atoms with E-state index in [2.05, 4.69) is 20.8 Å². The molecule has 0 spiro atoms. The van der Waals surface area contributed by atoms with Crippen molar-refractivity contribution in [2.75, 3.05) is 6.54 Å². The van der Waals surface area contributed by atoms with Gasteiger partial charge in [0.25, 0.3) is 0 Å². The predicted molar refractivity (Wildman–Crippen MR) is 90.7 cm³/mol. The zero-order valence-corrected chi connectivity index (χ0v) is 13.8. The number of rotatable bonds is 7. The third-order valence-electron chi connectivity index (χ3n) is 4.33. The average Bonchev–Trinajstić information content (AvgIpc) is 2.95. The molecule has 2 amide bonds. The molecule has 3 rings (SSSR count). The van der Waals surface area contributed by atoms with E-state index in [1.165, 1.54) is 10.9 Å². The molecule has 3 N–H and O–H groups in total. The summed E-state index contributed by atoms with van der Waals surface area (Å²) in [7, 11) is 0. The first-order valence-electron chi connectivity index (χ1n) is 8.30.